The van der Waals surface area contributed by atoms with Crippen molar-refractivity contribution in [2.75, 3.05) is 5.32 Å². The summed E-state index contributed by atoms with van der Waals surface area (Å²) < 4.78 is 0. The van der Waals surface area contributed by atoms with Crippen LogP contribution in [0.4, 0.5) is 5.82 Å². The number of nitrogens with one attached hydrogen (secondary N) is 1. The molecule has 1 aromatic heterocycles. The van der Waals surface area contributed by atoms with E-state index in [1.165, 1.54) is 0 Å². The van der Waals surface area contributed by atoms with Crippen LogP contribution in [0.15, 0.2) is 36.5 Å². The van der Waals surface area contributed by atoms with Gasteiger partial charge in [0.15, 0.2) is 0 Å². The van der Waals surface area contributed by atoms with Crippen molar-refractivity contribution in [1.82, 2.24) is 10.2 Å². The molecule has 0 aliphatic rings. The Kier molecular flexibility index (Phi) is 3.54. The summed E-state index contributed by atoms with van der Waals surface area (Å²) in [5.74, 6) is 0.756. The van der Waals surface area contributed by atoms with Crippen LogP contribution in [-0.2, 0) is 0 Å². The molecule has 0 saturated heterocycles. The lowest BCUT2D eigenvalue weighted by Gasteiger charge is -2.14. The maximum atomic E-state index is 8.75. The first-order valence-electron chi connectivity index (χ1n) is 5.75. The van der Waals surface area contributed by atoms with Gasteiger partial charge in [0, 0.05) is 6.04 Å². The zero-order chi connectivity index (χ0) is 13.0. The smallest absolute Gasteiger partial charge is 0.149 e. The average molecular weight is 238 g/mol. The lowest BCUT2D eigenvalue weighted by Crippen LogP contribution is -2.08. The molecule has 4 nitrogen and oxygen atoms in total. The highest BCUT2D eigenvalue weighted by Crippen LogP contribution is 2.18. The van der Waals surface area contributed by atoms with E-state index >= 15 is 0 Å². The Labute approximate surface area is 106 Å². The van der Waals surface area contributed by atoms with Gasteiger partial charge in [0.25, 0.3) is 0 Å². The van der Waals surface area contributed by atoms with Crippen molar-refractivity contribution in [1.29, 1.82) is 5.26 Å². The van der Waals surface area contributed by atoms with Crippen molar-refractivity contribution in [2.45, 2.75) is 19.9 Å². The standard InChI is InChI=1S/C14H14N4/c1-10-7-14(18-16-9-10)17-11(2)13-5-3-12(8-15)4-6-13/h3-7,9,11H,1-2H3,(H,17,18). The molecule has 0 radical (unpaired) electrons. The van der Waals surface area contributed by atoms with Gasteiger partial charge in [-0.05, 0) is 43.2 Å². The van der Waals surface area contributed by atoms with Gasteiger partial charge in [-0.3, -0.25) is 0 Å². The van der Waals surface area contributed by atoms with Crippen LogP contribution in [0.25, 0.3) is 0 Å². The van der Waals surface area contributed by atoms with Crippen LogP contribution in [0, 0.1) is 18.3 Å². The number of rotatable bonds is 3. The maximum absolute atomic E-state index is 8.75. The van der Waals surface area contributed by atoms with Gasteiger partial charge in [-0.2, -0.15) is 10.4 Å². The van der Waals surface area contributed by atoms with Crippen LogP contribution in [0.2, 0.25) is 0 Å². The number of aryl methyl sites for hydroxylation is 1. The summed E-state index contributed by atoms with van der Waals surface area (Å²) >= 11 is 0. The van der Waals surface area contributed by atoms with Crippen molar-refractivity contribution in [3.8, 4) is 6.07 Å². The highest BCUT2D eigenvalue weighted by molar-refractivity contribution is 5.40. The van der Waals surface area contributed by atoms with E-state index in [0.29, 0.717) is 5.56 Å². The van der Waals surface area contributed by atoms with Crippen molar-refractivity contribution < 1.29 is 0 Å². The quantitative estimate of drug-likeness (QED) is 0.893. The molecule has 2 aromatic rings. The topological polar surface area (TPSA) is 61.6 Å². The molecule has 0 fully saturated rings. The van der Waals surface area contributed by atoms with Crippen LogP contribution in [0.3, 0.4) is 0 Å². The highest BCUT2D eigenvalue weighted by atomic mass is 15.2. The largest absolute Gasteiger partial charge is 0.362 e. The molecular formula is C14H14N4. The molecule has 0 bridgehead atoms. The fraction of sp³-hybridized carbons (Fsp3) is 0.214. The van der Waals surface area contributed by atoms with Crippen LogP contribution < -0.4 is 5.32 Å². The molecule has 1 unspecified atom stereocenters. The van der Waals surface area contributed by atoms with Crippen molar-refractivity contribution >= 4 is 5.82 Å². The summed E-state index contributed by atoms with van der Waals surface area (Å²) in [6.45, 7) is 4.03. The molecule has 4 heteroatoms. The van der Waals surface area contributed by atoms with Gasteiger partial charge in [-0.1, -0.05) is 12.1 Å². The normalized spacial score (nSPS) is 11.6. The number of hydrogen-bond donors (Lipinski definition) is 1. The molecule has 90 valence electrons. The van der Waals surface area contributed by atoms with E-state index in [4.69, 9.17) is 5.26 Å². The Balaban J connectivity index is 2.12. The fourth-order valence-electron chi connectivity index (χ4n) is 1.69. The number of nitrogens with zero attached hydrogens (tertiary/aromatic N) is 3. The van der Waals surface area contributed by atoms with Gasteiger partial charge in [0.1, 0.15) is 5.82 Å². The van der Waals surface area contributed by atoms with Crippen LogP contribution >= 0.6 is 0 Å². The molecule has 0 aliphatic heterocycles. The monoisotopic (exact) mass is 238 g/mol. The lowest BCUT2D eigenvalue weighted by atomic mass is 10.1. The molecule has 18 heavy (non-hydrogen) atoms. The second-order valence-corrected chi connectivity index (χ2v) is 4.22. The molecule has 0 saturated carbocycles. The zero-order valence-electron chi connectivity index (χ0n) is 10.4. The first kappa shape index (κ1) is 12.1. The van der Waals surface area contributed by atoms with E-state index in [1.807, 2.05) is 44.2 Å². The van der Waals surface area contributed by atoms with Gasteiger partial charge in [0.05, 0.1) is 17.8 Å². The van der Waals surface area contributed by atoms with Crippen molar-refractivity contribution in [3.63, 3.8) is 0 Å². The zero-order valence-corrected chi connectivity index (χ0v) is 10.4. The molecular weight excluding hydrogens is 224 g/mol. The summed E-state index contributed by atoms with van der Waals surface area (Å²) in [5, 5.41) is 20.0. The van der Waals surface area contributed by atoms with Gasteiger partial charge in [-0.15, -0.1) is 5.10 Å². The molecule has 1 heterocycles. The SMILES string of the molecule is Cc1cnnc(NC(C)c2ccc(C#N)cc2)c1. The first-order chi connectivity index (χ1) is 8.69. The van der Waals surface area contributed by atoms with Crippen molar-refractivity contribution in [3.05, 3.63) is 53.2 Å². The Morgan fingerprint density at radius 1 is 1.28 bits per heavy atom. The second-order valence-electron chi connectivity index (χ2n) is 4.22. The summed E-state index contributed by atoms with van der Waals surface area (Å²) in [5.41, 5.74) is 2.85. The van der Waals surface area contributed by atoms with Crippen molar-refractivity contribution in [2.24, 2.45) is 0 Å². The van der Waals surface area contributed by atoms with Gasteiger partial charge < -0.3 is 5.32 Å². The van der Waals surface area contributed by atoms with E-state index in [1.54, 1.807) is 6.20 Å². The Morgan fingerprint density at radius 2 is 2.00 bits per heavy atom. The summed E-state index contributed by atoms with van der Waals surface area (Å²) in [6, 6.07) is 11.7. The van der Waals surface area contributed by atoms with E-state index in [2.05, 4.69) is 21.6 Å². The van der Waals surface area contributed by atoms with E-state index in [0.717, 1.165) is 16.9 Å². The Hall–Kier alpha value is -2.41. The minimum Gasteiger partial charge on any atom is -0.362 e. The summed E-state index contributed by atoms with van der Waals surface area (Å²) in [4.78, 5) is 0. The molecule has 0 amide bonds. The molecule has 2 rings (SSSR count). The minimum atomic E-state index is 0.119. The lowest BCUT2D eigenvalue weighted by molar-refractivity contribution is 0.858. The van der Waals surface area contributed by atoms with Crippen LogP contribution in [0.1, 0.15) is 29.7 Å². The number of benzene rings is 1. The number of hydrogen-bond acceptors (Lipinski definition) is 4. The van der Waals surface area contributed by atoms with E-state index in [-0.39, 0.29) is 6.04 Å². The van der Waals surface area contributed by atoms with Gasteiger partial charge >= 0.3 is 0 Å². The second kappa shape index (κ2) is 5.28. The Morgan fingerprint density at radius 3 is 2.61 bits per heavy atom. The molecule has 1 atom stereocenters. The molecule has 0 aliphatic carbocycles. The predicted molar refractivity (Wildman–Crippen MR) is 70.0 cm³/mol. The first-order valence-corrected chi connectivity index (χ1v) is 5.75. The number of anilines is 1. The fourth-order valence-corrected chi connectivity index (χ4v) is 1.69. The third-order valence-corrected chi connectivity index (χ3v) is 2.70. The van der Waals surface area contributed by atoms with Gasteiger partial charge in [-0.25, -0.2) is 0 Å². The Bertz CT molecular complexity index is 569. The highest BCUT2D eigenvalue weighted by Gasteiger charge is 2.06. The van der Waals surface area contributed by atoms with Crippen LogP contribution in [-0.4, -0.2) is 10.2 Å². The van der Waals surface area contributed by atoms with E-state index < -0.39 is 0 Å². The van der Waals surface area contributed by atoms with E-state index in [9.17, 15) is 0 Å². The number of aromatic nitrogens is 2. The maximum Gasteiger partial charge on any atom is 0.149 e. The average Bonchev–Trinajstić information content (AvgIpc) is 2.39. The molecule has 1 aromatic carbocycles. The van der Waals surface area contributed by atoms with Gasteiger partial charge in [0.2, 0.25) is 0 Å². The predicted octanol–water partition coefficient (Wildman–Crippen LogP) is 2.83. The van der Waals surface area contributed by atoms with Crippen LogP contribution in [0.5, 0.6) is 0 Å². The third-order valence-electron chi connectivity index (χ3n) is 2.70. The summed E-state index contributed by atoms with van der Waals surface area (Å²) in [6.07, 6.45) is 1.72. The molecule has 1 N–H and O–H groups in total. The third kappa shape index (κ3) is 2.83. The molecule has 0 spiro atoms. The minimum absolute atomic E-state index is 0.119. The summed E-state index contributed by atoms with van der Waals surface area (Å²) in [7, 11) is 0. The number of nitriles is 1.